The molecule has 0 atom stereocenters. The van der Waals surface area contributed by atoms with Crippen LogP contribution in [0.3, 0.4) is 0 Å². The zero-order valence-corrected chi connectivity index (χ0v) is 19.8. The predicted octanol–water partition coefficient (Wildman–Crippen LogP) is 5.37. The second kappa shape index (κ2) is 10.3. The molecule has 0 fully saturated rings. The number of aromatic amines is 1. The van der Waals surface area contributed by atoms with Gasteiger partial charge in [0.2, 0.25) is 0 Å². The maximum Gasteiger partial charge on any atom is 0.267 e. The number of fused-ring (bicyclic) bond motifs is 1. The van der Waals surface area contributed by atoms with Gasteiger partial charge < -0.3 is 15.6 Å². The van der Waals surface area contributed by atoms with Gasteiger partial charge in [-0.1, -0.05) is 64.5 Å². The zero-order valence-electron chi connectivity index (χ0n) is 18.2. The Balaban J connectivity index is 1.51. The van der Waals surface area contributed by atoms with Gasteiger partial charge in [-0.3, -0.25) is 9.59 Å². The van der Waals surface area contributed by atoms with Crippen LogP contribution in [0.25, 0.3) is 17.0 Å². The molecule has 166 valence electrons. The number of nitrogens with one attached hydrogen (secondary N) is 3. The fourth-order valence-electron chi connectivity index (χ4n) is 3.76. The average molecular weight is 502 g/mol. The van der Waals surface area contributed by atoms with E-state index >= 15 is 0 Å². The first-order chi connectivity index (χ1) is 16.0. The third kappa shape index (κ3) is 5.59. The van der Waals surface area contributed by atoms with Crippen molar-refractivity contribution in [2.75, 3.05) is 6.54 Å². The molecule has 0 unspecified atom stereocenters. The molecule has 0 spiro atoms. The maximum atomic E-state index is 13.1. The smallest absolute Gasteiger partial charge is 0.267 e. The van der Waals surface area contributed by atoms with Crippen molar-refractivity contribution in [3.63, 3.8) is 0 Å². The second-order valence-electron chi connectivity index (χ2n) is 7.71. The van der Waals surface area contributed by atoms with Crippen LogP contribution < -0.4 is 10.6 Å². The summed E-state index contributed by atoms with van der Waals surface area (Å²) < 4.78 is 0.889. The van der Waals surface area contributed by atoms with Crippen LogP contribution in [0.4, 0.5) is 0 Å². The Morgan fingerprint density at radius 2 is 1.73 bits per heavy atom. The van der Waals surface area contributed by atoms with E-state index in [1.165, 1.54) is 5.56 Å². The molecule has 4 aromatic rings. The van der Waals surface area contributed by atoms with Crippen molar-refractivity contribution in [2.24, 2.45) is 0 Å². The summed E-state index contributed by atoms with van der Waals surface area (Å²) >= 11 is 3.45. The normalized spacial score (nSPS) is 11.4. The molecule has 0 saturated heterocycles. The predicted molar refractivity (Wildman–Crippen MR) is 136 cm³/mol. The second-order valence-corrected chi connectivity index (χ2v) is 8.63. The minimum absolute atomic E-state index is 0.192. The van der Waals surface area contributed by atoms with Gasteiger partial charge in [-0.05, 0) is 60.9 Å². The van der Waals surface area contributed by atoms with Crippen molar-refractivity contribution in [3.8, 4) is 0 Å². The fourth-order valence-corrected chi connectivity index (χ4v) is 4.18. The first-order valence-electron chi connectivity index (χ1n) is 10.7. The van der Waals surface area contributed by atoms with E-state index in [0.29, 0.717) is 18.5 Å². The highest BCUT2D eigenvalue weighted by Gasteiger charge is 2.15. The van der Waals surface area contributed by atoms with E-state index in [-0.39, 0.29) is 17.5 Å². The SMILES string of the molecule is Cc1[nH]c2ccccc2c1CCNC(=O)/C(=C/c1cccc(Br)c1)NC(=O)c1ccccc1. The van der Waals surface area contributed by atoms with E-state index in [1.54, 1.807) is 30.3 Å². The van der Waals surface area contributed by atoms with Gasteiger partial charge in [0.25, 0.3) is 11.8 Å². The molecule has 0 aliphatic heterocycles. The highest BCUT2D eigenvalue weighted by Crippen LogP contribution is 2.22. The Bertz CT molecular complexity index is 1330. The first-order valence-corrected chi connectivity index (χ1v) is 11.5. The Hall–Kier alpha value is -3.64. The summed E-state index contributed by atoms with van der Waals surface area (Å²) in [5.74, 6) is -0.670. The molecule has 0 aliphatic rings. The summed E-state index contributed by atoms with van der Waals surface area (Å²) in [6.07, 6.45) is 2.36. The van der Waals surface area contributed by atoms with E-state index in [9.17, 15) is 9.59 Å². The summed E-state index contributed by atoms with van der Waals surface area (Å²) in [6.45, 7) is 2.48. The number of aryl methyl sites for hydroxylation is 1. The van der Waals surface area contributed by atoms with Crippen LogP contribution in [0.2, 0.25) is 0 Å². The number of hydrogen-bond donors (Lipinski definition) is 3. The van der Waals surface area contributed by atoms with Gasteiger partial charge in [-0.15, -0.1) is 0 Å². The van der Waals surface area contributed by atoms with E-state index in [0.717, 1.165) is 26.6 Å². The largest absolute Gasteiger partial charge is 0.358 e. The summed E-state index contributed by atoms with van der Waals surface area (Å²) in [7, 11) is 0. The van der Waals surface area contributed by atoms with Crippen molar-refractivity contribution in [2.45, 2.75) is 13.3 Å². The molecule has 3 aromatic carbocycles. The van der Waals surface area contributed by atoms with Crippen LogP contribution >= 0.6 is 15.9 Å². The maximum absolute atomic E-state index is 13.1. The summed E-state index contributed by atoms with van der Waals surface area (Å²) in [6, 6.07) is 24.5. The van der Waals surface area contributed by atoms with Gasteiger partial charge >= 0.3 is 0 Å². The highest BCUT2D eigenvalue weighted by molar-refractivity contribution is 9.10. The monoisotopic (exact) mass is 501 g/mol. The van der Waals surface area contributed by atoms with Crippen molar-refractivity contribution in [1.29, 1.82) is 0 Å². The lowest BCUT2D eigenvalue weighted by Crippen LogP contribution is -2.35. The zero-order chi connectivity index (χ0) is 23.2. The summed E-state index contributed by atoms with van der Waals surface area (Å²) in [4.78, 5) is 29.2. The molecule has 5 nitrogen and oxygen atoms in total. The molecule has 6 heteroatoms. The third-order valence-electron chi connectivity index (χ3n) is 5.38. The topological polar surface area (TPSA) is 74.0 Å². The van der Waals surface area contributed by atoms with Crippen LogP contribution in [0.1, 0.15) is 27.2 Å². The Morgan fingerprint density at radius 1 is 0.970 bits per heavy atom. The minimum atomic E-state index is -0.336. The molecule has 3 N–H and O–H groups in total. The molecular weight excluding hydrogens is 478 g/mol. The van der Waals surface area contributed by atoms with Crippen LogP contribution in [-0.4, -0.2) is 23.3 Å². The van der Waals surface area contributed by atoms with Gasteiger partial charge in [0.05, 0.1) is 0 Å². The molecule has 33 heavy (non-hydrogen) atoms. The van der Waals surface area contributed by atoms with Crippen LogP contribution in [0.15, 0.2) is 89.0 Å². The van der Waals surface area contributed by atoms with Gasteiger partial charge in [0.1, 0.15) is 5.70 Å². The van der Waals surface area contributed by atoms with Crippen molar-refractivity contribution < 1.29 is 9.59 Å². The number of H-pyrrole nitrogens is 1. The average Bonchev–Trinajstić information content (AvgIpc) is 3.14. The Kier molecular flexibility index (Phi) is 7.05. The molecule has 0 saturated carbocycles. The third-order valence-corrected chi connectivity index (χ3v) is 5.87. The number of para-hydroxylation sites is 1. The number of halogens is 1. The van der Waals surface area contributed by atoms with Gasteiger partial charge in [-0.2, -0.15) is 0 Å². The lowest BCUT2D eigenvalue weighted by atomic mass is 10.1. The molecule has 0 radical (unpaired) electrons. The first kappa shape index (κ1) is 22.6. The number of carbonyl (C=O) groups excluding carboxylic acids is 2. The number of amides is 2. The molecule has 2 amide bonds. The molecular formula is C27H24BrN3O2. The number of carbonyl (C=O) groups is 2. The van der Waals surface area contributed by atoms with Crippen molar-refractivity contribution in [1.82, 2.24) is 15.6 Å². The van der Waals surface area contributed by atoms with Crippen molar-refractivity contribution in [3.05, 3.63) is 111 Å². The van der Waals surface area contributed by atoms with E-state index < -0.39 is 0 Å². The van der Waals surface area contributed by atoms with Crippen molar-refractivity contribution >= 4 is 44.7 Å². The molecule has 1 aromatic heterocycles. The Labute approximate surface area is 201 Å². The van der Waals surface area contributed by atoms with E-state index in [2.05, 4.69) is 37.6 Å². The van der Waals surface area contributed by atoms with Gasteiger partial charge in [-0.25, -0.2) is 0 Å². The molecule has 0 bridgehead atoms. The highest BCUT2D eigenvalue weighted by atomic mass is 79.9. The quantitative estimate of drug-likeness (QED) is 0.298. The van der Waals surface area contributed by atoms with E-state index in [4.69, 9.17) is 0 Å². The molecule has 1 heterocycles. The standard InChI is InChI=1S/C27H24BrN3O2/c1-18-22(23-12-5-6-13-24(23)30-18)14-15-29-27(33)25(17-19-8-7-11-21(28)16-19)31-26(32)20-9-3-2-4-10-20/h2-13,16-17,30H,14-15H2,1H3,(H,29,33)(H,31,32)/b25-17-. The number of rotatable bonds is 7. The minimum Gasteiger partial charge on any atom is -0.358 e. The number of aromatic nitrogens is 1. The lowest BCUT2D eigenvalue weighted by Gasteiger charge is -2.12. The molecule has 0 aliphatic carbocycles. The van der Waals surface area contributed by atoms with Crippen LogP contribution in [0.5, 0.6) is 0 Å². The molecule has 4 rings (SSSR count). The fraction of sp³-hybridized carbons (Fsp3) is 0.111. The summed E-state index contributed by atoms with van der Waals surface area (Å²) in [5.41, 5.74) is 4.83. The summed E-state index contributed by atoms with van der Waals surface area (Å²) in [5, 5.41) is 6.89. The Morgan fingerprint density at radius 3 is 2.52 bits per heavy atom. The number of benzene rings is 3. The number of hydrogen-bond acceptors (Lipinski definition) is 2. The van der Waals surface area contributed by atoms with E-state index in [1.807, 2.05) is 55.5 Å². The lowest BCUT2D eigenvalue weighted by molar-refractivity contribution is -0.117. The van der Waals surface area contributed by atoms with Crippen LogP contribution in [-0.2, 0) is 11.2 Å². The van der Waals surface area contributed by atoms with Crippen LogP contribution in [0, 0.1) is 6.92 Å². The van der Waals surface area contributed by atoms with Gasteiger partial charge in [0, 0.05) is 33.2 Å². The van der Waals surface area contributed by atoms with Gasteiger partial charge in [0.15, 0.2) is 0 Å².